The number of fused-ring (bicyclic) bond motifs is 1. The van der Waals surface area contributed by atoms with Gasteiger partial charge in [0.1, 0.15) is 10.6 Å². The molecule has 0 bridgehead atoms. The van der Waals surface area contributed by atoms with Gasteiger partial charge in [-0.2, -0.15) is 5.10 Å². The molecule has 170 valence electrons. The summed E-state index contributed by atoms with van der Waals surface area (Å²) in [6.45, 7) is 1.88. The first-order valence-corrected chi connectivity index (χ1v) is 11.3. The summed E-state index contributed by atoms with van der Waals surface area (Å²) >= 11 is 7.60. The summed E-state index contributed by atoms with van der Waals surface area (Å²) in [6.07, 6.45) is 1.37. The van der Waals surface area contributed by atoms with E-state index < -0.39 is 17.8 Å². The Morgan fingerprint density at radius 2 is 1.74 bits per heavy atom. The summed E-state index contributed by atoms with van der Waals surface area (Å²) in [5.41, 5.74) is 4.27. The predicted octanol–water partition coefficient (Wildman–Crippen LogP) is 5.17. The van der Waals surface area contributed by atoms with Crippen LogP contribution >= 0.6 is 22.9 Å². The molecule has 0 fully saturated rings. The van der Waals surface area contributed by atoms with Crippen LogP contribution in [0, 0.1) is 6.92 Å². The second-order valence-electron chi connectivity index (χ2n) is 7.22. The van der Waals surface area contributed by atoms with E-state index in [1.54, 1.807) is 42.5 Å². The minimum absolute atomic E-state index is 0.331. The number of halogens is 1. The molecule has 34 heavy (non-hydrogen) atoms. The highest BCUT2D eigenvalue weighted by atomic mass is 35.5. The van der Waals surface area contributed by atoms with Crippen LogP contribution in [0.25, 0.3) is 10.1 Å². The lowest BCUT2D eigenvalue weighted by Crippen LogP contribution is -2.32. The first kappa shape index (κ1) is 23.2. The molecule has 4 rings (SSSR count). The average molecular weight is 492 g/mol. The van der Waals surface area contributed by atoms with Crippen LogP contribution in [0.3, 0.4) is 0 Å². The molecule has 1 aromatic heterocycles. The van der Waals surface area contributed by atoms with E-state index in [1.807, 2.05) is 37.3 Å². The van der Waals surface area contributed by atoms with Crippen molar-refractivity contribution >= 4 is 62.7 Å². The largest absolute Gasteiger partial charge is 0.422 e. The van der Waals surface area contributed by atoms with Crippen molar-refractivity contribution in [2.75, 3.05) is 5.32 Å². The van der Waals surface area contributed by atoms with Crippen LogP contribution in [-0.4, -0.2) is 24.0 Å². The van der Waals surface area contributed by atoms with Gasteiger partial charge >= 0.3 is 17.8 Å². The molecule has 0 saturated carbocycles. The zero-order chi connectivity index (χ0) is 24.1. The first-order valence-electron chi connectivity index (χ1n) is 10.1. The van der Waals surface area contributed by atoms with Crippen LogP contribution in [0.4, 0.5) is 5.69 Å². The van der Waals surface area contributed by atoms with Gasteiger partial charge in [0.15, 0.2) is 0 Å². The summed E-state index contributed by atoms with van der Waals surface area (Å²) in [7, 11) is 0. The van der Waals surface area contributed by atoms with Gasteiger partial charge in [0.25, 0.3) is 0 Å². The molecular weight excluding hydrogens is 474 g/mol. The molecule has 0 aliphatic rings. The van der Waals surface area contributed by atoms with Gasteiger partial charge in [-0.05, 0) is 60.5 Å². The van der Waals surface area contributed by atoms with Crippen LogP contribution in [-0.2, 0) is 9.59 Å². The topological polar surface area (TPSA) is 96.9 Å². The number of hydrogen-bond acceptors (Lipinski definition) is 6. The molecule has 0 saturated heterocycles. The Morgan fingerprint density at radius 1 is 0.971 bits per heavy atom. The molecule has 7 nitrogen and oxygen atoms in total. The molecule has 3 aromatic carbocycles. The van der Waals surface area contributed by atoms with Crippen molar-refractivity contribution in [2.24, 2.45) is 5.10 Å². The van der Waals surface area contributed by atoms with Crippen LogP contribution in [0.5, 0.6) is 5.75 Å². The summed E-state index contributed by atoms with van der Waals surface area (Å²) in [5, 5.41) is 7.47. The summed E-state index contributed by atoms with van der Waals surface area (Å²) < 4.78 is 6.33. The van der Waals surface area contributed by atoms with Crippen molar-refractivity contribution in [2.45, 2.75) is 6.92 Å². The van der Waals surface area contributed by atoms with Gasteiger partial charge in [-0.15, -0.1) is 11.3 Å². The van der Waals surface area contributed by atoms with Crippen molar-refractivity contribution in [3.8, 4) is 5.75 Å². The van der Waals surface area contributed by atoms with Gasteiger partial charge < -0.3 is 10.1 Å². The number of nitrogens with zero attached hydrogens (tertiary/aromatic N) is 1. The van der Waals surface area contributed by atoms with Crippen LogP contribution in [0.15, 0.2) is 77.9 Å². The molecule has 0 aliphatic heterocycles. The molecule has 4 aromatic rings. The highest BCUT2D eigenvalue weighted by Gasteiger charge is 2.19. The molecule has 2 N–H and O–H groups in total. The number of benzene rings is 3. The molecule has 0 aliphatic carbocycles. The number of hydrogen-bond donors (Lipinski definition) is 2. The lowest BCUT2D eigenvalue weighted by Gasteiger charge is -2.05. The minimum Gasteiger partial charge on any atom is -0.422 e. The van der Waals surface area contributed by atoms with Gasteiger partial charge in [0, 0.05) is 15.8 Å². The number of nitrogens with one attached hydrogen (secondary N) is 2. The summed E-state index contributed by atoms with van der Waals surface area (Å²) in [4.78, 5) is 36.8. The van der Waals surface area contributed by atoms with Crippen molar-refractivity contribution in [1.29, 1.82) is 0 Å². The summed E-state index contributed by atoms with van der Waals surface area (Å²) in [6, 6.07) is 21.0. The molecule has 9 heteroatoms. The highest BCUT2D eigenvalue weighted by Crippen LogP contribution is 2.35. The fourth-order valence-electron chi connectivity index (χ4n) is 3.05. The number of esters is 1. The number of rotatable bonds is 5. The number of hydrazone groups is 1. The van der Waals surface area contributed by atoms with E-state index in [0.717, 1.165) is 15.6 Å². The number of aryl methyl sites for hydroxylation is 1. The fraction of sp³-hybridized carbons (Fsp3) is 0.0400. The first-order chi connectivity index (χ1) is 16.4. The zero-order valence-corrected chi connectivity index (χ0v) is 19.4. The van der Waals surface area contributed by atoms with Gasteiger partial charge in [-0.3, -0.25) is 9.59 Å². The molecule has 2 amide bonds. The zero-order valence-electron chi connectivity index (χ0n) is 17.9. The molecule has 1 heterocycles. The molecule has 0 radical (unpaired) electrons. The van der Waals surface area contributed by atoms with E-state index in [4.69, 9.17) is 16.3 Å². The quantitative estimate of drug-likeness (QED) is 0.132. The normalized spacial score (nSPS) is 10.9. The third-order valence-corrected chi connectivity index (χ3v) is 6.33. The van der Waals surface area contributed by atoms with Crippen LogP contribution < -0.4 is 15.5 Å². The van der Waals surface area contributed by atoms with E-state index in [9.17, 15) is 14.4 Å². The molecular formula is C25H18ClN3O4S. The van der Waals surface area contributed by atoms with E-state index in [1.165, 1.54) is 17.6 Å². The van der Waals surface area contributed by atoms with E-state index in [-0.39, 0.29) is 0 Å². The second-order valence-corrected chi connectivity index (χ2v) is 8.65. The molecule has 0 spiro atoms. The smallest absolute Gasteiger partial charge is 0.355 e. The standard InChI is InChI=1S/C25H18ClN3O4S/c1-15-5-4-6-17(13-15)28-23(30)24(31)29-27-14-16-9-11-18(12-10-16)33-25(32)22-21(26)19-7-2-3-8-20(19)34-22/h2-14H,1H3,(H,28,30)(H,29,31)/b27-14+. The molecule has 0 unspecified atom stereocenters. The minimum atomic E-state index is -0.900. The lowest BCUT2D eigenvalue weighted by molar-refractivity contribution is -0.136. The van der Waals surface area contributed by atoms with Crippen LogP contribution in [0.1, 0.15) is 20.8 Å². The maximum atomic E-state index is 12.5. The van der Waals surface area contributed by atoms with Crippen molar-refractivity contribution in [3.63, 3.8) is 0 Å². The molecule has 0 atom stereocenters. The third kappa shape index (κ3) is 5.48. The van der Waals surface area contributed by atoms with Crippen molar-refractivity contribution in [1.82, 2.24) is 5.43 Å². The van der Waals surface area contributed by atoms with Gasteiger partial charge in [-0.1, -0.05) is 41.9 Å². The second kappa shape index (κ2) is 10.3. The Kier molecular flexibility index (Phi) is 7.01. The monoisotopic (exact) mass is 491 g/mol. The van der Waals surface area contributed by atoms with Gasteiger partial charge in [-0.25, -0.2) is 10.2 Å². The van der Waals surface area contributed by atoms with Gasteiger partial charge in [0.05, 0.1) is 11.2 Å². The number of anilines is 1. The number of carbonyl (C=O) groups excluding carboxylic acids is 3. The van der Waals surface area contributed by atoms with Crippen molar-refractivity contribution in [3.05, 3.63) is 93.8 Å². The van der Waals surface area contributed by atoms with Crippen molar-refractivity contribution < 1.29 is 19.1 Å². The predicted molar refractivity (Wildman–Crippen MR) is 134 cm³/mol. The number of amides is 2. The SMILES string of the molecule is Cc1cccc(NC(=O)C(=O)N/N=C/c2ccc(OC(=O)c3sc4ccccc4c3Cl)cc2)c1. The Bertz CT molecular complexity index is 1410. The number of thiophene rings is 1. The maximum absolute atomic E-state index is 12.5. The third-order valence-electron chi connectivity index (χ3n) is 4.67. The number of carbonyl (C=O) groups is 3. The fourth-order valence-corrected chi connectivity index (χ4v) is 4.43. The lowest BCUT2D eigenvalue weighted by atomic mass is 10.2. The van der Waals surface area contributed by atoms with E-state index in [2.05, 4.69) is 15.8 Å². The maximum Gasteiger partial charge on any atom is 0.355 e. The number of ether oxygens (including phenoxy) is 1. The van der Waals surface area contributed by atoms with E-state index in [0.29, 0.717) is 26.9 Å². The Balaban J connectivity index is 1.32. The van der Waals surface area contributed by atoms with E-state index >= 15 is 0 Å². The summed E-state index contributed by atoms with van der Waals surface area (Å²) in [5.74, 6) is -1.94. The Labute approximate surface area is 204 Å². The average Bonchev–Trinajstić information content (AvgIpc) is 3.17. The highest BCUT2D eigenvalue weighted by molar-refractivity contribution is 7.21. The van der Waals surface area contributed by atoms with Crippen LogP contribution in [0.2, 0.25) is 5.02 Å². The Morgan fingerprint density at radius 3 is 2.47 bits per heavy atom. The van der Waals surface area contributed by atoms with Gasteiger partial charge in [0.2, 0.25) is 0 Å². The Hall–Kier alpha value is -4.01.